The average Bonchev–Trinajstić information content (AvgIpc) is 2.67. The van der Waals surface area contributed by atoms with Crippen molar-refractivity contribution in [2.75, 3.05) is 5.75 Å². The average molecular weight is 453 g/mol. The molecule has 0 aromatic heterocycles. The maximum atomic E-state index is 13.0. The number of halogens is 2. The zero-order valence-corrected chi connectivity index (χ0v) is 19.2. The number of benzene rings is 2. The van der Waals surface area contributed by atoms with Crippen LogP contribution in [0.1, 0.15) is 31.9 Å². The van der Waals surface area contributed by atoms with E-state index in [9.17, 15) is 9.59 Å². The number of carbonyl (C=O) groups is 2. The minimum Gasteiger partial charge on any atom is -0.352 e. The molecular weight excluding hydrogens is 427 g/mol. The van der Waals surface area contributed by atoms with Crippen molar-refractivity contribution in [2.45, 2.75) is 45.2 Å². The van der Waals surface area contributed by atoms with Crippen LogP contribution in [0.3, 0.4) is 0 Å². The first kappa shape index (κ1) is 23.6. The third-order valence-corrected chi connectivity index (χ3v) is 5.87. The van der Waals surface area contributed by atoms with Gasteiger partial charge >= 0.3 is 0 Å². The number of carbonyl (C=O) groups excluding carboxylic acids is 2. The van der Waals surface area contributed by atoms with Crippen LogP contribution < -0.4 is 5.32 Å². The summed E-state index contributed by atoms with van der Waals surface area (Å²) < 4.78 is 0. The molecule has 0 aliphatic rings. The monoisotopic (exact) mass is 452 g/mol. The molecule has 2 aromatic carbocycles. The summed E-state index contributed by atoms with van der Waals surface area (Å²) in [5.74, 6) is 0.712. The fraction of sp³-hybridized carbons (Fsp3) is 0.364. The summed E-state index contributed by atoms with van der Waals surface area (Å²) in [4.78, 5) is 27.1. The number of rotatable bonds is 9. The SMILES string of the molecule is CC(C)NC(=O)[C@H](C)N(Cc1ccc(Cl)cc1Cl)C(=O)CSCc1ccccc1. The molecule has 2 aromatic rings. The van der Waals surface area contributed by atoms with Crippen LogP contribution in [-0.4, -0.2) is 34.6 Å². The zero-order valence-electron chi connectivity index (χ0n) is 16.8. The number of nitrogens with one attached hydrogen (secondary N) is 1. The van der Waals surface area contributed by atoms with Gasteiger partial charge in [0.25, 0.3) is 0 Å². The fourth-order valence-electron chi connectivity index (χ4n) is 2.73. The largest absolute Gasteiger partial charge is 0.352 e. The van der Waals surface area contributed by atoms with Gasteiger partial charge in [-0.1, -0.05) is 59.6 Å². The fourth-order valence-corrected chi connectivity index (χ4v) is 4.07. The Labute approximate surface area is 187 Å². The number of nitrogens with zero attached hydrogens (tertiary/aromatic N) is 1. The molecule has 0 radical (unpaired) electrons. The van der Waals surface area contributed by atoms with Gasteiger partial charge in [-0.25, -0.2) is 0 Å². The van der Waals surface area contributed by atoms with Crippen LogP contribution in [0.4, 0.5) is 0 Å². The molecule has 2 rings (SSSR count). The highest BCUT2D eigenvalue weighted by Crippen LogP contribution is 2.24. The smallest absolute Gasteiger partial charge is 0.242 e. The van der Waals surface area contributed by atoms with Gasteiger partial charge in [0.1, 0.15) is 6.04 Å². The molecule has 0 saturated heterocycles. The van der Waals surface area contributed by atoms with E-state index in [1.807, 2.05) is 44.2 Å². The van der Waals surface area contributed by atoms with E-state index in [2.05, 4.69) is 5.32 Å². The molecule has 1 N–H and O–H groups in total. The van der Waals surface area contributed by atoms with Crippen LogP contribution in [-0.2, 0) is 21.9 Å². The Bertz CT molecular complexity index is 831. The predicted molar refractivity (Wildman–Crippen MR) is 122 cm³/mol. The first-order valence-electron chi connectivity index (χ1n) is 9.43. The highest BCUT2D eigenvalue weighted by atomic mass is 35.5. The van der Waals surface area contributed by atoms with Gasteiger partial charge in [-0.05, 0) is 44.0 Å². The third-order valence-electron chi connectivity index (χ3n) is 4.29. The number of amides is 2. The lowest BCUT2D eigenvalue weighted by Gasteiger charge is -2.29. The summed E-state index contributed by atoms with van der Waals surface area (Å²) in [5.41, 5.74) is 1.91. The molecule has 0 fully saturated rings. The molecule has 1 atom stereocenters. The lowest BCUT2D eigenvalue weighted by molar-refractivity contribution is -0.138. The molecule has 7 heteroatoms. The van der Waals surface area contributed by atoms with Crippen molar-refractivity contribution in [1.82, 2.24) is 10.2 Å². The van der Waals surface area contributed by atoms with Crippen LogP contribution in [0, 0.1) is 0 Å². The van der Waals surface area contributed by atoms with E-state index in [0.29, 0.717) is 10.0 Å². The van der Waals surface area contributed by atoms with Crippen molar-refractivity contribution >= 4 is 46.8 Å². The molecule has 0 bridgehead atoms. The maximum Gasteiger partial charge on any atom is 0.242 e. The van der Waals surface area contributed by atoms with E-state index in [1.54, 1.807) is 30.0 Å². The molecule has 0 saturated carbocycles. The highest BCUT2D eigenvalue weighted by Gasteiger charge is 2.27. The molecule has 4 nitrogen and oxygen atoms in total. The molecule has 0 heterocycles. The van der Waals surface area contributed by atoms with E-state index in [4.69, 9.17) is 23.2 Å². The second-order valence-corrected chi connectivity index (χ2v) is 8.90. The normalized spacial score (nSPS) is 11.9. The first-order valence-corrected chi connectivity index (χ1v) is 11.3. The highest BCUT2D eigenvalue weighted by molar-refractivity contribution is 7.99. The van der Waals surface area contributed by atoms with E-state index < -0.39 is 6.04 Å². The van der Waals surface area contributed by atoms with Crippen LogP contribution in [0.25, 0.3) is 0 Å². The number of thioether (sulfide) groups is 1. The van der Waals surface area contributed by atoms with E-state index in [-0.39, 0.29) is 30.2 Å². The van der Waals surface area contributed by atoms with Gasteiger partial charge in [0, 0.05) is 28.4 Å². The summed E-state index contributed by atoms with van der Waals surface area (Å²) in [6.07, 6.45) is 0. The quantitative estimate of drug-likeness (QED) is 0.570. The number of hydrogen-bond donors (Lipinski definition) is 1. The van der Waals surface area contributed by atoms with Gasteiger partial charge in [-0.15, -0.1) is 11.8 Å². The van der Waals surface area contributed by atoms with E-state index in [1.165, 1.54) is 11.8 Å². The molecular formula is C22H26Cl2N2O2S. The molecule has 29 heavy (non-hydrogen) atoms. The van der Waals surface area contributed by atoms with Crippen molar-refractivity contribution in [3.63, 3.8) is 0 Å². The molecule has 0 unspecified atom stereocenters. The Balaban J connectivity index is 2.11. The minimum absolute atomic E-state index is 0.00604. The minimum atomic E-state index is -0.617. The predicted octanol–water partition coefficient (Wildman–Crippen LogP) is 5.17. The third kappa shape index (κ3) is 7.57. The van der Waals surface area contributed by atoms with Crippen molar-refractivity contribution in [3.05, 3.63) is 69.7 Å². The zero-order chi connectivity index (χ0) is 21.4. The molecule has 0 spiro atoms. The molecule has 156 valence electrons. The summed E-state index contributed by atoms with van der Waals surface area (Å²) in [6.45, 7) is 5.76. The van der Waals surface area contributed by atoms with Crippen LogP contribution in [0.15, 0.2) is 48.5 Å². The summed E-state index contributed by atoms with van der Waals surface area (Å²) in [5, 5.41) is 3.88. The molecule has 0 aliphatic heterocycles. The van der Waals surface area contributed by atoms with E-state index in [0.717, 1.165) is 16.9 Å². The van der Waals surface area contributed by atoms with Gasteiger partial charge in [0.15, 0.2) is 0 Å². The van der Waals surface area contributed by atoms with Crippen LogP contribution in [0.2, 0.25) is 10.0 Å². The Hall–Kier alpha value is -1.69. The lowest BCUT2D eigenvalue weighted by atomic mass is 10.1. The van der Waals surface area contributed by atoms with Gasteiger partial charge in [-0.2, -0.15) is 0 Å². The van der Waals surface area contributed by atoms with Crippen LogP contribution >= 0.6 is 35.0 Å². The van der Waals surface area contributed by atoms with Crippen molar-refractivity contribution in [1.29, 1.82) is 0 Å². The molecule has 2 amide bonds. The number of hydrogen-bond acceptors (Lipinski definition) is 3. The summed E-state index contributed by atoms with van der Waals surface area (Å²) in [6, 6.07) is 14.5. The summed E-state index contributed by atoms with van der Waals surface area (Å²) >= 11 is 13.8. The lowest BCUT2D eigenvalue weighted by Crippen LogP contribution is -2.49. The summed E-state index contributed by atoms with van der Waals surface area (Å²) in [7, 11) is 0. The van der Waals surface area contributed by atoms with Crippen LogP contribution in [0.5, 0.6) is 0 Å². The van der Waals surface area contributed by atoms with Gasteiger partial charge in [-0.3, -0.25) is 9.59 Å². The van der Waals surface area contributed by atoms with Gasteiger partial charge in [0.05, 0.1) is 5.75 Å². The molecule has 0 aliphatic carbocycles. The standard InChI is InChI=1S/C22H26Cl2N2O2S/c1-15(2)25-22(28)16(3)26(12-18-9-10-19(23)11-20(18)24)21(27)14-29-13-17-7-5-4-6-8-17/h4-11,15-16H,12-14H2,1-3H3,(H,25,28)/t16-/m0/s1. The maximum absolute atomic E-state index is 13.0. The Morgan fingerprint density at radius 2 is 1.76 bits per heavy atom. The Kier molecular flexibility index (Phi) is 9.34. The van der Waals surface area contributed by atoms with Crippen molar-refractivity contribution < 1.29 is 9.59 Å². The van der Waals surface area contributed by atoms with Gasteiger partial charge < -0.3 is 10.2 Å². The Morgan fingerprint density at radius 3 is 2.38 bits per heavy atom. The first-order chi connectivity index (χ1) is 13.8. The van der Waals surface area contributed by atoms with Crippen molar-refractivity contribution in [2.24, 2.45) is 0 Å². The second-order valence-electron chi connectivity index (χ2n) is 7.08. The van der Waals surface area contributed by atoms with E-state index >= 15 is 0 Å². The second kappa shape index (κ2) is 11.5. The Morgan fingerprint density at radius 1 is 1.07 bits per heavy atom. The van der Waals surface area contributed by atoms with Crippen molar-refractivity contribution in [3.8, 4) is 0 Å². The van der Waals surface area contributed by atoms with Gasteiger partial charge in [0.2, 0.25) is 11.8 Å². The topological polar surface area (TPSA) is 49.4 Å².